The van der Waals surface area contributed by atoms with Crippen LogP contribution in [0.25, 0.3) is 0 Å². The van der Waals surface area contributed by atoms with Gasteiger partial charge in [-0.05, 0) is 55.0 Å². The Hall–Kier alpha value is -2.82. The summed E-state index contributed by atoms with van der Waals surface area (Å²) in [5.74, 6) is 0.580. The molecule has 1 atom stereocenters. The molecule has 0 aliphatic heterocycles. The largest absolute Gasteiger partial charge is 0.497 e. The topological polar surface area (TPSA) is 58.6 Å². The van der Waals surface area contributed by atoms with Gasteiger partial charge in [-0.3, -0.25) is 9.59 Å². The standard InChI is InChI=1S/C25H34N2O3/c1-5-16-26-25(29)19(3)27(18-22-8-7-9-23(17-22)30-4)24(28)15-14-21-12-10-20(6-2)11-13-21/h7-13,17,19H,5-6,14-16,18H2,1-4H3,(H,26,29)/t19-/m1/s1. The molecule has 162 valence electrons. The summed E-state index contributed by atoms with van der Waals surface area (Å²) in [4.78, 5) is 27.4. The van der Waals surface area contributed by atoms with Gasteiger partial charge in [0, 0.05) is 19.5 Å². The van der Waals surface area contributed by atoms with Crippen LogP contribution in [0.15, 0.2) is 48.5 Å². The molecular formula is C25H34N2O3. The van der Waals surface area contributed by atoms with Gasteiger partial charge in [0.1, 0.15) is 11.8 Å². The Balaban J connectivity index is 2.13. The first kappa shape index (κ1) is 23.5. The van der Waals surface area contributed by atoms with E-state index in [0.29, 0.717) is 25.9 Å². The van der Waals surface area contributed by atoms with Gasteiger partial charge in [-0.15, -0.1) is 0 Å². The van der Waals surface area contributed by atoms with Crippen molar-refractivity contribution in [1.29, 1.82) is 0 Å². The van der Waals surface area contributed by atoms with Gasteiger partial charge < -0.3 is 15.0 Å². The highest BCUT2D eigenvalue weighted by molar-refractivity contribution is 5.87. The van der Waals surface area contributed by atoms with Crippen molar-refractivity contribution in [2.75, 3.05) is 13.7 Å². The van der Waals surface area contributed by atoms with Gasteiger partial charge in [0.2, 0.25) is 11.8 Å². The molecule has 5 heteroatoms. The maximum Gasteiger partial charge on any atom is 0.242 e. The maximum atomic E-state index is 13.1. The lowest BCUT2D eigenvalue weighted by Gasteiger charge is -2.29. The molecule has 0 radical (unpaired) electrons. The predicted octanol–water partition coefficient (Wildman–Crippen LogP) is 4.13. The van der Waals surface area contributed by atoms with Crippen LogP contribution in [0.2, 0.25) is 0 Å². The average Bonchev–Trinajstić information content (AvgIpc) is 2.79. The fourth-order valence-electron chi connectivity index (χ4n) is 3.28. The van der Waals surface area contributed by atoms with Crippen molar-refractivity contribution in [1.82, 2.24) is 10.2 Å². The Kier molecular flexibility index (Phi) is 9.39. The first-order chi connectivity index (χ1) is 14.5. The number of amides is 2. The average molecular weight is 411 g/mol. The molecule has 0 unspecified atom stereocenters. The zero-order valence-corrected chi connectivity index (χ0v) is 18.6. The molecule has 2 aromatic carbocycles. The van der Waals surface area contributed by atoms with E-state index < -0.39 is 6.04 Å². The lowest BCUT2D eigenvalue weighted by atomic mass is 10.0. The zero-order chi connectivity index (χ0) is 21.9. The molecule has 2 rings (SSSR count). The molecule has 0 bridgehead atoms. The van der Waals surface area contributed by atoms with Crippen molar-refractivity contribution in [3.8, 4) is 5.75 Å². The van der Waals surface area contributed by atoms with Gasteiger partial charge in [-0.25, -0.2) is 0 Å². The van der Waals surface area contributed by atoms with E-state index in [2.05, 4.69) is 36.5 Å². The third-order valence-electron chi connectivity index (χ3n) is 5.26. The maximum absolute atomic E-state index is 13.1. The van der Waals surface area contributed by atoms with Crippen molar-refractivity contribution in [2.24, 2.45) is 0 Å². The predicted molar refractivity (Wildman–Crippen MR) is 120 cm³/mol. The lowest BCUT2D eigenvalue weighted by molar-refractivity contribution is -0.140. The first-order valence-electron chi connectivity index (χ1n) is 10.8. The molecule has 30 heavy (non-hydrogen) atoms. The summed E-state index contributed by atoms with van der Waals surface area (Å²) in [6, 6.07) is 15.4. The Bertz CT molecular complexity index is 817. The number of ether oxygens (including phenoxy) is 1. The van der Waals surface area contributed by atoms with Crippen LogP contribution >= 0.6 is 0 Å². The van der Waals surface area contributed by atoms with Crippen molar-refractivity contribution in [3.05, 3.63) is 65.2 Å². The van der Waals surface area contributed by atoms with Gasteiger partial charge >= 0.3 is 0 Å². The molecule has 1 N–H and O–H groups in total. The van der Waals surface area contributed by atoms with E-state index in [1.807, 2.05) is 31.2 Å². The van der Waals surface area contributed by atoms with Crippen molar-refractivity contribution in [2.45, 2.75) is 59.0 Å². The van der Waals surface area contributed by atoms with E-state index in [1.54, 1.807) is 18.9 Å². The van der Waals surface area contributed by atoms with E-state index in [4.69, 9.17) is 4.74 Å². The highest BCUT2D eigenvalue weighted by Gasteiger charge is 2.25. The van der Waals surface area contributed by atoms with Crippen LogP contribution in [0.1, 0.15) is 50.3 Å². The number of carbonyl (C=O) groups is 2. The number of rotatable bonds is 11. The summed E-state index contributed by atoms with van der Waals surface area (Å²) in [6.07, 6.45) is 2.87. The first-order valence-corrected chi connectivity index (χ1v) is 10.8. The van der Waals surface area contributed by atoms with Crippen LogP contribution in [-0.4, -0.2) is 36.4 Å². The minimum absolute atomic E-state index is 0.0310. The Labute approximate surface area is 180 Å². The molecule has 0 saturated carbocycles. The molecule has 5 nitrogen and oxygen atoms in total. The van der Waals surface area contributed by atoms with E-state index >= 15 is 0 Å². The summed E-state index contributed by atoms with van der Waals surface area (Å²) < 4.78 is 5.30. The van der Waals surface area contributed by atoms with Gasteiger partial charge in [0.15, 0.2) is 0 Å². The van der Waals surface area contributed by atoms with Crippen LogP contribution in [0.5, 0.6) is 5.75 Å². The summed E-state index contributed by atoms with van der Waals surface area (Å²) in [6.45, 7) is 6.90. The minimum Gasteiger partial charge on any atom is -0.497 e. The highest BCUT2D eigenvalue weighted by atomic mass is 16.5. The molecule has 2 aromatic rings. The molecule has 0 aliphatic rings. The molecule has 0 heterocycles. The SMILES string of the molecule is CCCNC(=O)[C@@H](C)N(Cc1cccc(OC)c1)C(=O)CCc1ccc(CC)cc1. The zero-order valence-electron chi connectivity index (χ0n) is 18.6. The smallest absolute Gasteiger partial charge is 0.242 e. The van der Waals surface area contributed by atoms with E-state index in [9.17, 15) is 9.59 Å². The third kappa shape index (κ3) is 6.90. The molecule has 0 saturated heterocycles. The van der Waals surface area contributed by atoms with E-state index in [0.717, 1.165) is 29.7 Å². The molecule has 0 fully saturated rings. The molecule has 0 aliphatic carbocycles. The third-order valence-corrected chi connectivity index (χ3v) is 5.26. The molecule has 0 aromatic heterocycles. The second-order valence-electron chi connectivity index (χ2n) is 7.51. The van der Waals surface area contributed by atoms with Crippen LogP contribution in [0, 0.1) is 0 Å². The molecule has 0 spiro atoms. The number of nitrogens with one attached hydrogen (secondary N) is 1. The number of hydrogen-bond acceptors (Lipinski definition) is 3. The summed E-state index contributed by atoms with van der Waals surface area (Å²) >= 11 is 0. The van der Waals surface area contributed by atoms with E-state index in [-0.39, 0.29) is 11.8 Å². The van der Waals surface area contributed by atoms with Crippen molar-refractivity contribution >= 4 is 11.8 Å². The second kappa shape index (κ2) is 12.0. The summed E-state index contributed by atoms with van der Waals surface area (Å²) in [5.41, 5.74) is 3.35. The fraction of sp³-hybridized carbons (Fsp3) is 0.440. The van der Waals surface area contributed by atoms with Gasteiger partial charge in [-0.1, -0.05) is 50.2 Å². The number of benzene rings is 2. The van der Waals surface area contributed by atoms with Crippen LogP contribution in [-0.2, 0) is 29.0 Å². The molecule has 2 amide bonds. The van der Waals surface area contributed by atoms with Crippen LogP contribution in [0.4, 0.5) is 0 Å². The number of aryl methyl sites for hydroxylation is 2. The number of hydrogen-bond donors (Lipinski definition) is 1. The molecular weight excluding hydrogens is 376 g/mol. The lowest BCUT2D eigenvalue weighted by Crippen LogP contribution is -2.47. The Morgan fingerprint density at radius 3 is 2.37 bits per heavy atom. The second-order valence-corrected chi connectivity index (χ2v) is 7.51. The van der Waals surface area contributed by atoms with Crippen molar-refractivity contribution < 1.29 is 14.3 Å². The number of methoxy groups -OCH3 is 1. The fourth-order valence-corrected chi connectivity index (χ4v) is 3.28. The Morgan fingerprint density at radius 1 is 1.03 bits per heavy atom. The highest BCUT2D eigenvalue weighted by Crippen LogP contribution is 2.17. The minimum atomic E-state index is -0.544. The summed E-state index contributed by atoms with van der Waals surface area (Å²) in [7, 11) is 1.62. The summed E-state index contributed by atoms with van der Waals surface area (Å²) in [5, 5.41) is 2.90. The van der Waals surface area contributed by atoms with Gasteiger partial charge in [0.25, 0.3) is 0 Å². The van der Waals surface area contributed by atoms with Gasteiger partial charge in [-0.2, -0.15) is 0 Å². The quantitative estimate of drug-likeness (QED) is 0.606. The normalized spacial score (nSPS) is 11.6. The number of carbonyl (C=O) groups excluding carboxylic acids is 2. The monoisotopic (exact) mass is 410 g/mol. The van der Waals surface area contributed by atoms with Crippen molar-refractivity contribution in [3.63, 3.8) is 0 Å². The van der Waals surface area contributed by atoms with E-state index in [1.165, 1.54) is 5.56 Å². The van der Waals surface area contributed by atoms with Gasteiger partial charge in [0.05, 0.1) is 7.11 Å². The number of nitrogens with zero attached hydrogens (tertiary/aromatic N) is 1. The van der Waals surface area contributed by atoms with Crippen LogP contribution in [0.3, 0.4) is 0 Å². The Morgan fingerprint density at radius 2 is 1.73 bits per heavy atom. The van der Waals surface area contributed by atoms with Crippen LogP contribution < -0.4 is 10.1 Å².